The third-order valence-electron chi connectivity index (χ3n) is 1.63. The summed E-state index contributed by atoms with van der Waals surface area (Å²) >= 11 is 17.6. The Morgan fingerprint density at radius 1 is 1.23 bits per heavy atom. The van der Waals surface area contributed by atoms with Crippen molar-refractivity contribution in [2.24, 2.45) is 0 Å². The van der Waals surface area contributed by atoms with Gasteiger partial charge in [0.05, 0.1) is 5.38 Å². The zero-order chi connectivity index (χ0) is 10.0. The monoisotopic (exact) mass is 238 g/mol. The highest BCUT2D eigenvalue weighted by molar-refractivity contribution is 6.34. The molecule has 13 heavy (non-hydrogen) atoms. The molecule has 1 heterocycles. The van der Waals surface area contributed by atoms with Gasteiger partial charge >= 0.3 is 0 Å². The number of hydrogen-bond donors (Lipinski definition) is 0. The lowest BCUT2D eigenvalue weighted by atomic mass is 10.2. The molecule has 0 spiro atoms. The highest BCUT2D eigenvalue weighted by atomic mass is 35.5. The molecule has 0 saturated heterocycles. The number of nitrogens with zero attached hydrogens (tertiary/aromatic N) is 2. The van der Waals surface area contributed by atoms with Gasteiger partial charge in [0.2, 0.25) is 0 Å². The van der Waals surface area contributed by atoms with E-state index >= 15 is 0 Å². The van der Waals surface area contributed by atoms with E-state index in [1.807, 2.05) is 6.92 Å². The first-order valence-corrected chi connectivity index (χ1v) is 5.11. The van der Waals surface area contributed by atoms with Crippen molar-refractivity contribution in [1.29, 1.82) is 0 Å². The third-order valence-corrected chi connectivity index (χ3v) is 2.45. The Morgan fingerprint density at radius 3 is 2.00 bits per heavy atom. The normalized spacial score (nSPS) is 13.0. The number of alkyl halides is 1. The fourth-order valence-electron chi connectivity index (χ4n) is 0.916. The zero-order valence-corrected chi connectivity index (χ0v) is 9.58. The van der Waals surface area contributed by atoms with Gasteiger partial charge in [-0.15, -0.1) is 11.6 Å². The first kappa shape index (κ1) is 11.0. The van der Waals surface area contributed by atoms with Crippen molar-refractivity contribution < 1.29 is 0 Å². The third kappa shape index (κ3) is 2.46. The molecule has 1 atom stereocenters. The van der Waals surface area contributed by atoms with Gasteiger partial charge in [0.25, 0.3) is 0 Å². The Hall–Kier alpha value is -0.0500. The summed E-state index contributed by atoms with van der Waals surface area (Å²) < 4.78 is 0. The van der Waals surface area contributed by atoms with Crippen LogP contribution in [0.3, 0.4) is 0 Å². The second-order valence-corrected chi connectivity index (χ2v) is 3.98. The van der Waals surface area contributed by atoms with E-state index in [0.29, 0.717) is 22.6 Å². The molecule has 5 heteroatoms. The van der Waals surface area contributed by atoms with Crippen molar-refractivity contribution in [3.63, 3.8) is 0 Å². The molecule has 0 aliphatic carbocycles. The van der Waals surface area contributed by atoms with Gasteiger partial charge in [-0.1, -0.05) is 30.1 Å². The molecule has 1 unspecified atom stereocenters. The standard InChI is InChI=1S/C8H9Cl3N2/c1-3-5-6(10)12-8(4(2)9)13-7(5)11/h4H,3H2,1-2H3. The molecular formula is C8H9Cl3N2. The predicted octanol–water partition coefficient (Wildman–Crippen LogP) is 3.65. The predicted molar refractivity (Wildman–Crippen MR) is 55.7 cm³/mol. The molecule has 0 amide bonds. The summed E-state index contributed by atoms with van der Waals surface area (Å²) in [4.78, 5) is 8.08. The lowest BCUT2D eigenvalue weighted by Crippen LogP contribution is -2.00. The van der Waals surface area contributed by atoms with E-state index in [1.54, 1.807) is 6.92 Å². The quantitative estimate of drug-likeness (QED) is 0.582. The molecule has 2 nitrogen and oxygen atoms in total. The van der Waals surface area contributed by atoms with Crippen LogP contribution in [0, 0.1) is 0 Å². The Balaban J connectivity index is 3.20. The van der Waals surface area contributed by atoms with Crippen molar-refractivity contribution in [2.45, 2.75) is 25.6 Å². The summed E-state index contributed by atoms with van der Waals surface area (Å²) in [5.74, 6) is 0.467. The fourth-order valence-corrected chi connectivity index (χ4v) is 1.68. The van der Waals surface area contributed by atoms with Crippen molar-refractivity contribution in [3.8, 4) is 0 Å². The highest BCUT2D eigenvalue weighted by Gasteiger charge is 2.12. The maximum atomic E-state index is 5.88. The first-order valence-electron chi connectivity index (χ1n) is 3.92. The van der Waals surface area contributed by atoms with Crippen molar-refractivity contribution in [1.82, 2.24) is 9.97 Å². The molecule has 0 aliphatic heterocycles. The number of aromatic nitrogens is 2. The molecule has 0 saturated carbocycles. The van der Waals surface area contributed by atoms with E-state index in [1.165, 1.54) is 0 Å². The summed E-state index contributed by atoms with van der Waals surface area (Å²) in [6.45, 7) is 3.72. The highest BCUT2D eigenvalue weighted by Crippen LogP contribution is 2.25. The molecule has 1 aromatic heterocycles. The van der Waals surface area contributed by atoms with E-state index in [2.05, 4.69) is 9.97 Å². The second kappa shape index (κ2) is 4.45. The summed E-state index contributed by atoms with van der Waals surface area (Å²) in [6.07, 6.45) is 0.717. The van der Waals surface area contributed by atoms with Gasteiger partial charge in [-0.05, 0) is 13.3 Å². The average Bonchev–Trinajstić information content (AvgIpc) is 2.03. The molecule has 0 aliphatic rings. The van der Waals surface area contributed by atoms with Crippen LogP contribution in [-0.4, -0.2) is 9.97 Å². The van der Waals surface area contributed by atoms with Gasteiger partial charge in [0.15, 0.2) is 0 Å². The molecule has 1 rings (SSSR count). The SMILES string of the molecule is CCc1c(Cl)nc(C(C)Cl)nc1Cl. The minimum atomic E-state index is -0.277. The topological polar surface area (TPSA) is 25.8 Å². The van der Waals surface area contributed by atoms with Gasteiger partial charge in [-0.3, -0.25) is 0 Å². The first-order chi connectivity index (χ1) is 6.06. The second-order valence-electron chi connectivity index (χ2n) is 2.61. The maximum Gasteiger partial charge on any atom is 0.149 e. The van der Waals surface area contributed by atoms with E-state index in [4.69, 9.17) is 34.8 Å². The molecule has 0 radical (unpaired) electrons. The molecule has 72 valence electrons. The summed E-state index contributed by atoms with van der Waals surface area (Å²) in [5, 5.41) is 0.510. The summed E-state index contributed by atoms with van der Waals surface area (Å²) in [5.41, 5.74) is 0.768. The van der Waals surface area contributed by atoms with E-state index < -0.39 is 0 Å². The largest absolute Gasteiger partial charge is 0.219 e. The maximum absolute atomic E-state index is 5.88. The number of hydrogen-bond acceptors (Lipinski definition) is 2. The van der Waals surface area contributed by atoms with Gasteiger partial charge in [0.1, 0.15) is 16.1 Å². The Labute approximate surface area is 92.2 Å². The van der Waals surface area contributed by atoms with E-state index in [9.17, 15) is 0 Å². The summed E-state index contributed by atoms with van der Waals surface area (Å²) in [6, 6.07) is 0. The van der Waals surface area contributed by atoms with Gasteiger partial charge < -0.3 is 0 Å². The lowest BCUT2D eigenvalue weighted by Gasteiger charge is -2.06. The van der Waals surface area contributed by atoms with Crippen molar-refractivity contribution in [3.05, 3.63) is 21.7 Å². The van der Waals surface area contributed by atoms with Crippen LogP contribution in [-0.2, 0) is 6.42 Å². The smallest absolute Gasteiger partial charge is 0.149 e. The van der Waals surface area contributed by atoms with Gasteiger partial charge in [-0.2, -0.15) is 0 Å². The van der Waals surface area contributed by atoms with Crippen LogP contribution in [0.25, 0.3) is 0 Å². The van der Waals surface area contributed by atoms with Crippen LogP contribution in [0.15, 0.2) is 0 Å². The number of rotatable bonds is 2. The molecule has 0 fully saturated rings. The zero-order valence-electron chi connectivity index (χ0n) is 7.31. The lowest BCUT2D eigenvalue weighted by molar-refractivity contribution is 0.891. The van der Waals surface area contributed by atoms with Gasteiger partial charge in [-0.25, -0.2) is 9.97 Å². The van der Waals surface area contributed by atoms with Crippen LogP contribution in [0.5, 0.6) is 0 Å². The molecule has 1 aromatic rings. The van der Waals surface area contributed by atoms with Crippen LogP contribution in [0.2, 0.25) is 10.3 Å². The van der Waals surface area contributed by atoms with Gasteiger partial charge in [0, 0.05) is 5.56 Å². The van der Waals surface area contributed by atoms with Crippen molar-refractivity contribution >= 4 is 34.8 Å². The minimum absolute atomic E-state index is 0.277. The van der Waals surface area contributed by atoms with Crippen molar-refractivity contribution in [2.75, 3.05) is 0 Å². The Bertz CT molecular complexity index is 289. The number of halogens is 3. The van der Waals surface area contributed by atoms with Crippen LogP contribution < -0.4 is 0 Å². The molecule has 0 aromatic carbocycles. The minimum Gasteiger partial charge on any atom is -0.219 e. The molecular weight excluding hydrogens is 230 g/mol. The molecule has 0 N–H and O–H groups in total. The summed E-state index contributed by atoms with van der Waals surface area (Å²) in [7, 11) is 0. The average molecular weight is 240 g/mol. The van der Waals surface area contributed by atoms with Crippen LogP contribution in [0.4, 0.5) is 0 Å². The van der Waals surface area contributed by atoms with E-state index in [-0.39, 0.29) is 5.38 Å². The van der Waals surface area contributed by atoms with Crippen LogP contribution in [0.1, 0.15) is 30.6 Å². The molecule has 0 bridgehead atoms. The Morgan fingerprint density at radius 2 is 1.69 bits per heavy atom. The van der Waals surface area contributed by atoms with Crippen LogP contribution >= 0.6 is 34.8 Å². The fraction of sp³-hybridized carbons (Fsp3) is 0.500. The Kier molecular flexibility index (Phi) is 3.77. The van der Waals surface area contributed by atoms with E-state index in [0.717, 1.165) is 5.56 Å².